The van der Waals surface area contributed by atoms with Gasteiger partial charge in [-0.3, -0.25) is 4.79 Å². The summed E-state index contributed by atoms with van der Waals surface area (Å²) in [6.45, 7) is 2.85. The van der Waals surface area contributed by atoms with Crippen molar-refractivity contribution in [3.63, 3.8) is 0 Å². The maximum Gasteiger partial charge on any atom is 0.257 e. The minimum Gasteiger partial charge on any atom is -0.484 e. The summed E-state index contributed by atoms with van der Waals surface area (Å²) in [4.78, 5) is 11.7. The molecule has 3 nitrogen and oxygen atoms in total. The SMILES string of the molecule is Cc1ccccc1CSCCNC(=O)COc1ccccc1. The lowest BCUT2D eigenvalue weighted by Crippen LogP contribution is -2.30. The first-order valence-electron chi connectivity index (χ1n) is 7.32. The number of hydrogen-bond acceptors (Lipinski definition) is 3. The maximum atomic E-state index is 11.7. The molecule has 0 heterocycles. The maximum absolute atomic E-state index is 11.7. The van der Waals surface area contributed by atoms with Gasteiger partial charge < -0.3 is 10.1 Å². The average Bonchev–Trinajstić information content (AvgIpc) is 2.55. The second-order valence-corrected chi connectivity index (χ2v) is 6.04. The lowest BCUT2D eigenvalue weighted by atomic mass is 10.1. The van der Waals surface area contributed by atoms with Crippen LogP contribution in [0.1, 0.15) is 11.1 Å². The van der Waals surface area contributed by atoms with Crippen LogP contribution >= 0.6 is 11.8 Å². The number of amides is 1. The Balaban J connectivity index is 1.57. The number of aryl methyl sites for hydroxylation is 1. The molecular weight excluding hydrogens is 294 g/mol. The van der Waals surface area contributed by atoms with Crippen molar-refractivity contribution < 1.29 is 9.53 Å². The first-order valence-corrected chi connectivity index (χ1v) is 8.48. The lowest BCUT2D eigenvalue weighted by Gasteiger charge is -2.08. The lowest BCUT2D eigenvalue weighted by molar-refractivity contribution is -0.122. The van der Waals surface area contributed by atoms with E-state index in [1.165, 1.54) is 11.1 Å². The standard InChI is InChI=1S/C18H21NO2S/c1-15-7-5-6-8-16(15)14-22-12-11-19-18(20)13-21-17-9-3-2-4-10-17/h2-10H,11-14H2,1H3,(H,19,20). The van der Waals surface area contributed by atoms with Crippen LogP contribution in [0.25, 0.3) is 0 Å². The number of nitrogens with one attached hydrogen (secondary N) is 1. The predicted molar refractivity (Wildman–Crippen MR) is 92.3 cm³/mol. The monoisotopic (exact) mass is 315 g/mol. The van der Waals surface area contributed by atoms with Crippen molar-refractivity contribution in [1.29, 1.82) is 0 Å². The molecule has 0 fully saturated rings. The second-order valence-electron chi connectivity index (χ2n) is 4.93. The van der Waals surface area contributed by atoms with Gasteiger partial charge in [-0.15, -0.1) is 0 Å². The van der Waals surface area contributed by atoms with Crippen molar-refractivity contribution in [3.8, 4) is 5.75 Å². The Bertz CT molecular complexity index is 587. The number of hydrogen-bond donors (Lipinski definition) is 1. The minimum atomic E-state index is -0.0830. The number of thioether (sulfide) groups is 1. The molecule has 0 atom stereocenters. The highest BCUT2D eigenvalue weighted by Crippen LogP contribution is 2.15. The van der Waals surface area contributed by atoms with Gasteiger partial charge in [0.2, 0.25) is 0 Å². The van der Waals surface area contributed by atoms with E-state index in [1.54, 1.807) is 0 Å². The molecule has 0 aliphatic carbocycles. The molecular formula is C18H21NO2S. The Morgan fingerprint density at radius 2 is 1.82 bits per heavy atom. The van der Waals surface area contributed by atoms with Crippen LogP contribution in [0.2, 0.25) is 0 Å². The highest BCUT2D eigenvalue weighted by molar-refractivity contribution is 7.98. The molecule has 0 bridgehead atoms. The molecule has 0 aliphatic rings. The zero-order chi connectivity index (χ0) is 15.6. The molecule has 0 radical (unpaired) electrons. The second kappa shape index (κ2) is 9.15. The van der Waals surface area contributed by atoms with E-state index in [-0.39, 0.29) is 12.5 Å². The Hall–Kier alpha value is -1.94. The zero-order valence-corrected chi connectivity index (χ0v) is 13.6. The first kappa shape index (κ1) is 16.4. The predicted octanol–water partition coefficient (Wildman–Crippen LogP) is 3.42. The molecule has 0 saturated heterocycles. The Morgan fingerprint density at radius 3 is 2.59 bits per heavy atom. The summed E-state index contributed by atoms with van der Waals surface area (Å²) in [5, 5.41) is 2.87. The van der Waals surface area contributed by atoms with Crippen molar-refractivity contribution in [2.45, 2.75) is 12.7 Å². The van der Waals surface area contributed by atoms with E-state index < -0.39 is 0 Å². The van der Waals surface area contributed by atoms with E-state index in [0.717, 1.165) is 11.5 Å². The topological polar surface area (TPSA) is 38.3 Å². The smallest absolute Gasteiger partial charge is 0.257 e. The molecule has 116 valence electrons. The fourth-order valence-electron chi connectivity index (χ4n) is 1.93. The van der Waals surface area contributed by atoms with Gasteiger partial charge in [0.05, 0.1) is 0 Å². The molecule has 2 rings (SSSR count). The van der Waals surface area contributed by atoms with E-state index in [9.17, 15) is 4.79 Å². The number of rotatable bonds is 8. The molecule has 2 aromatic carbocycles. The summed E-state index contributed by atoms with van der Waals surface area (Å²) in [6, 6.07) is 17.7. The molecule has 1 N–H and O–H groups in total. The molecule has 1 amide bonds. The number of ether oxygens (including phenoxy) is 1. The van der Waals surface area contributed by atoms with Crippen LogP contribution < -0.4 is 10.1 Å². The molecule has 4 heteroatoms. The zero-order valence-electron chi connectivity index (χ0n) is 12.7. The van der Waals surface area contributed by atoms with Gasteiger partial charge in [-0.25, -0.2) is 0 Å². The molecule has 0 saturated carbocycles. The van der Waals surface area contributed by atoms with Crippen LogP contribution in [0, 0.1) is 6.92 Å². The van der Waals surface area contributed by atoms with Gasteiger partial charge in [0, 0.05) is 18.1 Å². The van der Waals surface area contributed by atoms with Gasteiger partial charge in [0.1, 0.15) is 5.75 Å². The van der Waals surface area contributed by atoms with Gasteiger partial charge in [0.25, 0.3) is 5.91 Å². The first-order chi connectivity index (χ1) is 10.8. The van der Waals surface area contributed by atoms with Crippen molar-refractivity contribution in [2.24, 2.45) is 0 Å². The molecule has 2 aromatic rings. The van der Waals surface area contributed by atoms with E-state index in [2.05, 4.69) is 36.5 Å². The van der Waals surface area contributed by atoms with Crippen LogP contribution in [0.15, 0.2) is 54.6 Å². The quantitative estimate of drug-likeness (QED) is 0.759. The highest BCUT2D eigenvalue weighted by Gasteiger charge is 2.02. The Labute approximate surface area is 136 Å². The number of carbonyl (C=O) groups excluding carboxylic acids is 1. The molecule has 0 unspecified atom stereocenters. The summed E-state index contributed by atoms with van der Waals surface area (Å²) < 4.78 is 5.39. The van der Waals surface area contributed by atoms with E-state index in [0.29, 0.717) is 12.3 Å². The third-order valence-corrected chi connectivity index (χ3v) is 4.21. The fraction of sp³-hybridized carbons (Fsp3) is 0.278. The summed E-state index contributed by atoms with van der Waals surface area (Å²) in [7, 11) is 0. The molecule has 22 heavy (non-hydrogen) atoms. The number of para-hydroxylation sites is 1. The molecule has 0 spiro atoms. The minimum absolute atomic E-state index is 0.0620. The molecule has 0 aromatic heterocycles. The normalized spacial score (nSPS) is 10.2. The molecule has 0 aliphatic heterocycles. The highest BCUT2D eigenvalue weighted by atomic mass is 32.2. The van der Waals surface area contributed by atoms with Crippen molar-refractivity contribution in [1.82, 2.24) is 5.32 Å². The Morgan fingerprint density at radius 1 is 1.09 bits per heavy atom. The van der Waals surface area contributed by atoms with Gasteiger partial charge in [-0.05, 0) is 30.2 Å². The van der Waals surface area contributed by atoms with Crippen molar-refractivity contribution in [3.05, 3.63) is 65.7 Å². The van der Waals surface area contributed by atoms with Crippen LogP contribution in [0.4, 0.5) is 0 Å². The van der Waals surface area contributed by atoms with Crippen LogP contribution in [-0.4, -0.2) is 24.8 Å². The van der Waals surface area contributed by atoms with E-state index in [4.69, 9.17) is 4.74 Å². The van der Waals surface area contributed by atoms with E-state index in [1.807, 2.05) is 42.1 Å². The van der Waals surface area contributed by atoms with Crippen LogP contribution in [0.3, 0.4) is 0 Å². The van der Waals surface area contributed by atoms with Gasteiger partial charge in [-0.1, -0.05) is 42.5 Å². The summed E-state index contributed by atoms with van der Waals surface area (Å²) in [6.07, 6.45) is 0. The largest absolute Gasteiger partial charge is 0.484 e. The average molecular weight is 315 g/mol. The van der Waals surface area contributed by atoms with Gasteiger partial charge in [-0.2, -0.15) is 11.8 Å². The van der Waals surface area contributed by atoms with Crippen molar-refractivity contribution >= 4 is 17.7 Å². The van der Waals surface area contributed by atoms with Gasteiger partial charge >= 0.3 is 0 Å². The van der Waals surface area contributed by atoms with E-state index >= 15 is 0 Å². The summed E-state index contributed by atoms with van der Waals surface area (Å²) in [5.41, 5.74) is 2.67. The summed E-state index contributed by atoms with van der Waals surface area (Å²) in [5.74, 6) is 2.50. The van der Waals surface area contributed by atoms with Crippen LogP contribution in [0.5, 0.6) is 5.75 Å². The van der Waals surface area contributed by atoms with Gasteiger partial charge in [0.15, 0.2) is 6.61 Å². The Kier molecular flexibility index (Phi) is 6.84. The number of benzene rings is 2. The third kappa shape index (κ3) is 5.82. The van der Waals surface area contributed by atoms with Crippen molar-refractivity contribution in [2.75, 3.05) is 18.9 Å². The van der Waals surface area contributed by atoms with Crippen LogP contribution in [-0.2, 0) is 10.5 Å². The third-order valence-electron chi connectivity index (χ3n) is 3.20. The number of carbonyl (C=O) groups is 1. The fourth-order valence-corrected chi connectivity index (χ4v) is 2.87. The summed E-state index contributed by atoms with van der Waals surface area (Å²) >= 11 is 1.82.